The molecule has 2 N–H and O–H groups in total. The molecule has 7 nitrogen and oxygen atoms in total. The van der Waals surface area contributed by atoms with Gasteiger partial charge in [0.25, 0.3) is 0 Å². The lowest BCUT2D eigenvalue weighted by Gasteiger charge is -2.19. The third-order valence-electron chi connectivity index (χ3n) is 3.78. The van der Waals surface area contributed by atoms with Crippen molar-refractivity contribution in [2.24, 2.45) is 0 Å². The van der Waals surface area contributed by atoms with Gasteiger partial charge in [0.2, 0.25) is 5.88 Å². The number of nitrogens with zero attached hydrogens (tertiary/aromatic N) is 3. The van der Waals surface area contributed by atoms with Crippen LogP contribution in [-0.4, -0.2) is 47.1 Å². The average molecular weight is 412 g/mol. The topological polar surface area (TPSA) is 79.4 Å². The Labute approximate surface area is 152 Å². The maximum absolute atomic E-state index is 12.0. The molecule has 3 heterocycles. The summed E-state index contributed by atoms with van der Waals surface area (Å²) in [7, 11) is 2.10. The first kappa shape index (κ1) is 17.1. The van der Waals surface area contributed by atoms with E-state index in [9.17, 15) is 4.79 Å². The van der Waals surface area contributed by atoms with Crippen LogP contribution in [-0.2, 0) is 0 Å². The Bertz CT molecular complexity index is 711. The van der Waals surface area contributed by atoms with Gasteiger partial charge in [-0.15, -0.1) is 11.3 Å². The molecule has 128 valence electrons. The zero-order chi connectivity index (χ0) is 16.9. The van der Waals surface area contributed by atoms with E-state index in [2.05, 4.69) is 48.5 Å². The third-order valence-corrected chi connectivity index (χ3v) is 5.14. The monoisotopic (exact) mass is 411 g/mol. The molecule has 0 bridgehead atoms. The van der Waals surface area contributed by atoms with Crippen LogP contribution < -0.4 is 15.4 Å². The summed E-state index contributed by atoms with van der Waals surface area (Å²) in [5.41, 5.74) is 0. The van der Waals surface area contributed by atoms with Gasteiger partial charge in [0.15, 0.2) is 3.92 Å². The third kappa shape index (κ3) is 4.65. The molecule has 0 aliphatic carbocycles. The van der Waals surface area contributed by atoms with Crippen molar-refractivity contribution in [1.82, 2.24) is 14.9 Å². The number of hydrogen-bond acceptors (Lipinski definition) is 6. The number of halogens is 1. The van der Waals surface area contributed by atoms with Gasteiger partial charge in [0.1, 0.15) is 18.2 Å². The van der Waals surface area contributed by atoms with Crippen LogP contribution in [0, 0.1) is 0 Å². The number of ether oxygens (including phenoxy) is 1. The SMILES string of the molecule is CN1CCC[C@H]1COc1cccc(NC(=O)Nc2csc(Br)n2)n1. The Balaban J connectivity index is 1.53. The first-order valence-corrected chi connectivity index (χ1v) is 9.26. The lowest BCUT2D eigenvalue weighted by molar-refractivity contribution is 0.193. The average Bonchev–Trinajstić information content (AvgIpc) is 3.14. The van der Waals surface area contributed by atoms with Crippen LogP contribution >= 0.6 is 27.3 Å². The molecule has 1 saturated heterocycles. The van der Waals surface area contributed by atoms with Crippen LogP contribution in [0.2, 0.25) is 0 Å². The molecule has 24 heavy (non-hydrogen) atoms. The van der Waals surface area contributed by atoms with Crippen molar-refractivity contribution in [3.8, 4) is 5.88 Å². The molecule has 1 atom stereocenters. The first-order valence-electron chi connectivity index (χ1n) is 7.59. The van der Waals surface area contributed by atoms with Crippen LogP contribution in [0.3, 0.4) is 0 Å². The van der Waals surface area contributed by atoms with Gasteiger partial charge in [0, 0.05) is 17.5 Å². The molecule has 0 radical (unpaired) electrons. The van der Waals surface area contributed by atoms with Crippen LogP contribution in [0.5, 0.6) is 5.88 Å². The normalized spacial score (nSPS) is 17.7. The number of carbonyl (C=O) groups is 1. The maximum Gasteiger partial charge on any atom is 0.326 e. The summed E-state index contributed by atoms with van der Waals surface area (Å²) in [6.07, 6.45) is 2.34. The highest BCUT2D eigenvalue weighted by atomic mass is 79.9. The highest BCUT2D eigenvalue weighted by molar-refractivity contribution is 9.11. The molecule has 2 amide bonds. The minimum absolute atomic E-state index is 0.395. The molecule has 0 aromatic carbocycles. The van der Waals surface area contributed by atoms with E-state index in [0.717, 1.165) is 13.0 Å². The number of amides is 2. The first-order chi connectivity index (χ1) is 11.6. The fraction of sp³-hybridized carbons (Fsp3) is 0.400. The van der Waals surface area contributed by atoms with E-state index in [0.29, 0.717) is 34.1 Å². The standard InChI is InChI=1S/C15H18BrN5O2S/c1-21-7-3-4-10(21)8-23-13-6-2-5-11(17-13)19-15(22)20-12-9-24-14(16)18-12/h2,5-6,9-10H,3-4,7-8H2,1H3,(H2,17,19,20,22)/t10-/m0/s1. The number of likely N-dealkylation sites (N-methyl/N-ethyl adjacent to an activating group) is 1. The molecule has 1 aliphatic rings. The van der Waals surface area contributed by atoms with Crippen molar-refractivity contribution in [1.29, 1.82) is 0 Å². The fourth-order valence-corrected chi connectivity index (χ4v) is 3.45. The number of anilines is 2. The molecule has 1 aliphatic heterocycles. The Kier molecular flexibility index (Phi) is 5.64. The molecule has 2 aromatic heterocycles. The smallest absolute Gasteiger partial charge is 0.326 e. The van der Waals surface area contributed by atoms with Gasteiger partial charge in [0.05, 0.1) is 0 Å². The summed E-state index contributed by atoms with van der Waals surface area (Å²) in [5.74, 6) is 1.42. The Hall–Kier alpha value is -1.71. The van der Waals surface area contributed by atoms with Gasteiger partial charge in [-0.25, -0.2) is 9.78 Å². The van der Waals surface area contributed by atoms with Gasteiger partial charge in [-0.1, -0.05) is 6.07 Å². The van der Waals surface area contributed by atoms with Gasteiger partial charge in [-0.2, -0.15) is 4.98 Å². The van der Waals surface area contributed by atoms with E-state index in [1.54, 1.807) is 23.6 Å². The number of carbonyl (C=O) groups excluding carboxylic acids is 1. The van der Waals surface area contributed by atoms with E-state index in [-0.39, 0.29) is 0 Å². The predicted octanol–water partition coefficient (Wildman–Crippen LogP) is 3.42. The molecular formula is C15H18BrN5O2S. The van der Waals surface area contributed by atoms with Crippen molar-refractivity contribution in [2.45, 2.75) is 18.9 Å². The molecule has 1 fully saturated rings. The van der Waals surface area contributed by atoms with Gasteiger partial charge in [-0.3, -0.25) is 10.6 Å². The summed E-state index contributed by atoms with van der Waals surface area (Å²) >= 11 is 4.65. The zero-order valence-electron chi connectivity index (χ0n) is 13.2. The van der Waals surface area contributed by atoms with E-state index in [1.807, 2.05) is 0 Å². The van der Waals surface area contributed by atoms with E-state index < -0.39 is 6.03 Å². The van der Waals surface area contributed by atoms with Gasteiger partial charge < -0.3 is 9.64 Å². The molecule has 2 aromatic rings. The molecular weight excluding hydrogens is 394 g/mol. The number of urea groups is 1. The summed E-state index contributed by atoms with van der Waals surface area (Å²) in [5, 5.41) is 7.06. The maximum atomic E-state index is 12.0. The lowest BCUT2D eigenvalue weighted by atomic mass is 10.2. The summed E-state index contributed by atoms with van der Waals surface area (Å²) in [4.78, 5) is 22.7. The highest BCUT2D eigenvalue weighted by Crippen LogP contribution is 2.20. The number of rotatable bonds is 5. The van der Waals surface area contributed by atoms with Crippen LogP contribution in [0.4, 0.5) is 16.4 Å². The molecule has 3 rings (SSSR count). The predicted molar refractivity (Wildman–Crippen MR) is 97.8 cm³/mol. The van der Waals surface area contributed by atoms with Gasteiger partial charge in [-0.05, 0) is 48.4 Å². The van der Waals surface area contributed by atoms with Crippen LogP contribution in [0.15, 0.2) is 27.5 Å². The summed E-state index contributed by atoms with van der Waals surface area (Å²) in [6, 6.07) is 5.33. The van der Waals surface area contributed by atoms with Crippen LogP contribution in [0.25, 0.3) is 0 Å². The summed E-state index contributed by atoms with van der Waals surface area (Å²) in [6.45, 7) is 1.71. The fourth-order valence-electron chi connectivity index (χ4n) is 2.51. The second-order valence-corrected chi connectivity index (χ2v) is 7.65. The minimum Gasteiger partial charge on any atom is -0.476 e. The summed E-state index contributed by atoms with van der Waals surface area (Å²) < 4.78 is 6.47. The van der Waals surface area contributed by atoms with Crippen LogP contribution in [0.1, 0.15) is 12.8 Å². The number of hydrogen-bond donors (Lipinski definition) is 2. The molecule has 0 unspecified atom stereocenters. The molecule has 0 spiro atoms. The number of aromatic nitrogens is 2. The van der Waals surface area contributed by atoms with Crippen molar-refractivity contribution in [3.05, 3.63) is 27.5 Å². The number of likely N-dealkylation sites (tertiary alicyclic amines) is 1. The Morgan fingerprint density at radius 3 is 2.96 bits per heavy atom. The molecule has 9 heteroatoms. The zero-order valence-corrected chi connectivity index (χ0v) is 15.6. The van der Waals surface area contributed by atoms with Crippen molar-refractivity contribution in [3.63, 3.8) is 0 Å². The second kappa shape index (κ2) is 7.91. The highest BCUT2D eigenvalue weighted by Gasteiger charge is 2.21. The molecule has 0 saturated carbocycles. The number of thiazole rings is 1. The van der Waals surface area contributed by atoms with Gasteiger partial charge >= 0.3 is 6.03 Å². The van der Waals surface area contributed by atoms with E-state index in [1.165, 1.54) is 17.8 Å². The van der Waals surface area contributed by atoms with E-state index in [4.69, 9.17) is 4.74 Å². The van der Waals surface area contributed by atoms with Crippen molar-refractivity contribution >= 4 is 44.9 Å². The Morgan fingerprint density at radius 1 is 1.42 bits per heavy atom. The minimum atomic E-state index is -0.395. The largest absolute Gasteiger partial charge is 0.476 e. The Morgan fingerprint density at radius 2 is 2.25 bits per heavy atom. The van der Waals surface area contributed by atoms with E-state index >= 15 is 0 Å². The van der Waals surface area contributed by atoms with Crippen molar-refractivity contribution in [2.75, 3.05) is 30.8 Å². The quantitative estimate of drug-likeness (QED) is 0.787. The second-order valence-electron chi connectivity index (χ2n) is 5.51. The van der Waals surface area contributed by atoms with Crippen molar-refractivity contribution < 1.29 is 9.53 Å². The lowest BCUT2D eigenvalue weighted by Crippen LogP contribution is -2.30. The number of pyridine rings is 1. The number of nitrogens with one attached hydrogen (secondary N) is 2.